The number of carbonyl (C=O) groups is 3. The van der Waals surface area contributed by atoms with Crippen molar-refractivity contribution in [3.8, 4) is 0 Å². The van der Waals surface area contributed by atoms with Gasteiger partial charge in [-0.1, -0.05) is 35.4 Å². The maximum absolute atomic E-state index is 12.8. The maximum atomic E-state index is 12.8. The quantitative estimate of drug-likeness (QED) is 0.845. The molecule has 1 fully saturated rings. The van der Waals surface area contributed by atoms with E-state index in [-0.39, 0.29) is 11.8 Å². The number of anilines is 2. The molecule has 6 nitrogen and oxygen atoms in total. The van der Waals surface area contributed by atoms with Gasteiger partial charge in [-0.15, -0.1) is 0 Å². The first kappa shape index (κ1) is 16.7. The predicted octanol–water partition coefficient (Wildman–Crippen LogP) is 3.06. The van der Waals surface area contributed by atoms with E-state index in [1.54, 1.807) is 24.3 Å². The van der Waals surface area contributed by atoms with Crippen LogP contribution in [0.5, 0.6) is 0 Å². The van der Waals surface area contributed by atoms with E-state index in [1.165, 1.54) is 6.92 Å². The van der Waals surface area contributed by atoms with Crippen LogP contribution in [-0.2, 0) is 9.59 Å². The largest absolute Gasteiger partial charge is 0.329 e. The zero-order valence-corrected chi connectivity index (χ0v) is 14.3. The minimum Gasteiger partial charge on any atom is -0.326 e. The number of hydrogen-bond acceptors (Lipinski definition) is 3. The standard InChI is InChI=1S/C19H19N3O3/c1-11-7-12(2)9-14(8-11)17-18(24)22(19(25)21-17)16-6-4-5-15(10-16)20-13(3)23/h4-10,17H,1-3H3,(H,20,23)(H,21,25). The minimum absolute atomic E-state index is 0.220. The zero-order valence-electron chi connectivity index (χ0n) is 14.3. The lowest BCUT2D eigenvalue weighted by atomic mass is 10.0. The average Bonchev–Trinajstić information content (AvgIpc) is 2.81. The molecule has 25 heavy (non-hydrogen) atoms. The number of hydrogen-bond donors (Lipinski definition) is 2. The number of urea groups is 1. The monoisotopic (exact) mass is 337 g/mol. The highest BCUT2D eigenvalue weighted by atomic mass is 16.2. The zero-order chi connectivity index (χ0) is 18.1. The Balaban J connectivity index is 1.93. The summed E-state index contributed by atoms with van der Waals surface area (Å²) in [4.78, 5) is 37.5. The molecular weight excluding hydrogens is 318 g/mol. The van der Waals surface area contributed by atoms with E-state index in [9.17, 15) is 14.4 Å². The van der Waals surface area contributed by atoms with Gasteiger partial charge < -0.3 is 10.6 Å². The van der Waals surface area contributed by atoms with Gasteiger partial charge in [0, 0.05) is 12.6 Å². The summed E-state index contributed by atoms with van der Waals surface area (Å²) in [5.41, 5.74) is 3.77. The first-order chi connectivity index (χ1) is 11.8. The van der Waals surface area contributed by atoms with Crippen LogP contribution < -0.4 is 15.5 Å². The van der Waals surface area contributed by atoms with Gasteiger partial charge in [-0.05, 0) is 37.6 Å². The first-order valence-corrected chi connectivity index (χ1v) is 7.95. The fraction of sp³-hybridized carbons (Fsp3) is 0.211. The molecule has 0 saturated carbocycles. The molecule has 0 spiro atoms. The topological polar surface area (TPSA) is 78.5 Å². The molecule has 1 heterocycles. The molecule has 4 amide bonds. The second kappa shape index (κ2) is 6.39. The van der Waals surface area contributed by atoms with Crippen molar-refractivity contribution >= 4 is 29.2 Å². The number of benzene rings is 2. The fourth-order valence-corrected chi connectivity index (χ4v) is 3.05. The van der Waals surface area contributed by atoms with Crippen LogP contribution in [-0.4, -0.2) is 17.8 Å². The number of carbonyl (C=O) groups excluding carboxylic acids is 3. The Kier molecular flexibility index (Phi) is 4.27. The van der Waals surface area contributed by atoms with Crippen LogP contribution in [0.3, 0.4) is 0 Å². The van der Waals surface area contributed by atoms with Crippen molar-refractivity contribution in [1.82, 2.24) is 5.32 Å². The molecule has 128 valence electrons. The number of amides is 4. The van der Waals surface area contributed by atoms with Crippen molar-refractivity contribution in [2.45, 2.75) is 26.8 Å². The summed E-state index contributed by atoms with van der Waals surface area (Å²) in [6.07, 6.45) is 0. The van der Waals surface area contributed by atoms with Gasteiger partial charge in [-0.3, -0.25) is 9.59 Å². The molecular formula is C19H19N3O3. The van der Waals surface area contributed by atoms with E-state index in [0.717, 1.165) is 21.6 Å². The second-order valence-corrected chi connectivity index (χ2v) is 6.21. The summed E-state index contributed by atoms with van der Waals surface area (Å²) in [7, 11) is 0. The van der Waals surface area contributed by atoms with Crippen LogP contribution in [0.4, 0.5) is 16.2 Å². The van der Waals surface area contributed by atoms with Crippen molar-refractivity contribution in [2.75, 3.05) is 10.2 Å². The Morgan fingerprint density at radius 1 is 1.08 bits per heavy atom. The molecule has 1 unspecified atom stereocenters. The van der Waals surface area contributed by atoms with Gasteiger partial charge in [0.1, 0.15) is 6.04 Å². The highest BCUT2D eigenvalue weighted by Gasteiger charge is 2.40. The lowest BCUT2D eigenvalue weighted by Gasteiger charge is -2.15. The molecule has 0 aromatic heterocycles. The van der Waals surface area contributed by atoms with Crippen LogP contribution in [0, 0.1) is 13.8 Å². The molecule has 1 aliphatic rings. The lowest BCUT2D eigenvalue weighted by Crippen LogP contribution is -2.30. The summed E-state index contributed by atoms with van der Waals surface area (Å²) >= 11 is 0. The van der Waals surface area contributed by atoms with Gasteiger partial charge in [0.15, 0.2) is 0 Å². The number of rotatable bonds is 3. The van der Waals surface area contributed by atoms with E-state index < -0.39 is 12.1 Å². The molecule has 2 aromatic rings. The summed E-state index contributed by atoms with van der Waals surface area (Å²) in [6.45, 7) is 5.30. The molecule has 0 radical (unpaired) electrons. The molecule has 0 aliphatic carbocycles. The van der Waals surface area contributed by atoms with Crippen molar-refractivity contribution in [1.29, 1.82) is 0 Å². The highest BCUT2D eigenvalue weighted by molar-refractivity contribution is 6.21. The molecule has 1 aliphatic heterocycles. The smallest absolute Gasteiger partial charge is 0.326 e. The fourth-order valence-electron chi connectivity index (χ4n) is 3.05. The normalized spacial score (nSPS) is 16.8. The van der Waals surface area contributed by atoms with Gasteiger partial charge in [0.25, 0.3) is 5.91 Å². The number of imide groups is 1. The second-order valence-electron chi connectivity index (χ2n) is 6.21. The van der Waals surface area contributed by atoms with Crippen molar-refractivity contribution in [2.24, 2.45) is 0 Å². The number of nitrogens with one attached hydrogen (secondary N) is 2. The molecule has 6 heteroatoms. The summed E-state index contributed by atoms with van der Waals surface area (Å²) in [5, 5.41) is 5.38. The predicted molar refractivity (Wildman–Crippen MR) is 95.4 cm³/mol. The maximum Gasteiger partial charge on any atom is 0.329 e. The van der Waals surface area contributed by atoms with E-state index in [0.29, 0.717) is 11.4 Å². The van der Waals surface area contributed by atoms with Crippen molar-refractivity contribution in [3.05, 3.63) is 59.2 Å². The average molecular weight is 337 g/mol. The summed E-state index contributed by atoms with van der Waals surface area (Å²) < 4.78 is 0. The van der Waals surface area contributed by atoms with Gasteiger partial charge in [0.2, 0.25) is 5.91 Å². The Labute approximate surface area is 145 Å². The van der Waals surface area contributed by atoms with Gasteiger partial charge in [0.05, 0.1) is 5.69 Å². The van der Waals surface area contributed by atoms with Gasteiger partial charge in [-0.25, -0.2) is 9.69 Å². The molecule has 2 aromatic carbocycles. The van der Waals surface area contributed by atoms with Crippen LogP contribution in [0.15, 0.2) is 42.5 Å². The molecule has 1 atom stereocenters. The Bertz CT molecular complexity index is 856. The van der Waals surface area contributed by atoms with Crippen LogP contribution in [0.25, 0.3) is 0 Å². The van der Waals surface area contributed by atoms with Crippen molar-refractivity contribution in [3.63, 3.8) is 0 Å². The third-order valence-corrected chi connectivity index (χ3v) is 3.94. The number of nitrogens with zero attached hydrogens (tertiary/aromatic N) is 1. The van der Waals surface area contributed by atoms with E-state index in [2.05, 4.69) is 10.6 Å². The summed E-state index contributed by atoms with van der Waals surface area (Å²) in [5.74, 6) is -0.558. The molecule has 3 rings (SSSR count). The van der Waals surface area contributed by atoms with Gasteiger partial charge >= 0.3 is 6.03 Å². The van der Waals surface area contributed by atoms with Crippen LogP contribution >= 0.6 is 0 Å². The minimum atomic E-state index is -0.712. The molecule has 0 bridgehead atoms. The van der Waals surface area contributed by atoms with Gasteiger partial charge in [-0.2, -0.15) is 0 Å². The Morgan fingerprint density at radius 3 is 2.40 bits per heavy atom. The third kappa shape index (κ3) is 3.38. The Hall–Kier alpha value is -3.15. The summed E-state index contributed by atoms with van der Waals surface area (Å²) in [6, 6.07) is 11.3. The Morgan fingerprint density at radius 2 is 1.76 bits per heavy atom. The highest BCUT2D eigenvalue weighted by Crippen LogP contribution is 2.29. The third-order valence-electron chi connectivity index (χ3n) is 3.94. The van der Waals surface area contributed by atoms with E-state index in [4.69, 9.17) is 0 Å². The van der Waals surface area contributed by atoms with Crippen molar-refractivity contribution < 1.29 is 14.4 Å². The molecule has 2 N–H and O–H groups in total. The van der Waals surface area contributed by atoms with E-state index >= 15 is 0 Å². The molecule has 1 saturated heterocycles. The first-order valence-electron chi connectivity index (χ1n) is 7.95. The van der Waals surface area contributed by atoms with Crippen LogP contribution in [0.1, 0.15) is 29.7 Å². The van der Waals surface area contributed by atoms with E-state index in [1.807, 2.05) is 32.0 Å². The lowest BCUT2D eigenvalue weighted by molar-refractivity contribution is -0.118. The number of aryl methyl sites for hydroxylation is 2. The SMILES string of the molecule is CC(=O)Nc1cccc(N2C(=O)NC(c3cc(C)cc(C)c3)C2=O)c1. The van der Waals surface area contributed by atoms with Crippen LogP contribution in [0.2, 0.25) is 0 Å².